The highest BCUT2D eigenvalue weighted by Crippen LogP contribution is 2.32. The van der Waals surface area contributed by atoms with Gasteiger partial charge in [-0.1, -0.05) is 6.07 Å². The lowest BCUT2D eigenvalue weighted by atomic mass is 10.2. The molecule has 3 aromatic rings. The number of fused-ring (bicyclic) bond motifs is 3. The molecule has 2 aromatic heterocycles. The molecule has 9 heteroatoms. The zero-order chi connectivity index (χ0) is 21.1. The molecule has 1 aromatic carbocycles. The number of amides is 1. The van der Waals surface area contributed by atoms with Crippen LogP contribution in [0.3, 0.4) is 0 Å². The van der Waals surface area contributed by atoms with Crippen LogP contribution in [-0.4, -0.2) is 46.7 Å². The normalized spacial score (nSPS) is 13.9. The van der Waals surface area contributed by atoms with Crippen molar-refractivity contribution in [2.75, 3.05) is 30.9 Å². The second-order valence-corrected chi connectivity index (χ2v) is 7.50. The number of nitrogens with two attached hydrogens (primary N) is 2. The van der Waals surface area contributed by atoms with Gasteiger partial charge in [-0.2, -0.15) is 4.98 Å². The van der Waals surface area contributed by atoms with Gasteiger partial charge in [0.15, 0.2) is 0 Å². The number of hydrogen-bond acceptors (Lipinski definition) is 7. The molecule has 0 bridgehead atoms. The summed E-state index contributed by atoms with van der Waals surface area (Å²) < 4.78 is 7.38. The standard InChI is InChI=1S/C21H27N7O2/c1-30-9-7-13(22)11-24-21-25-12-16(19(23)29)20(27-21)26-17-5-2-6-18-15(17)10-14-4-3-8-28(14)18/h2,5-6,10,12-13H,3-4,7-9,11,22H2,1H3,(H2,23,29)(H2,24,25,26,27)/t13-/m0/s1. The Kier molecular flexibility index (Phi) is 5.82. The van der Waals surface area contributed by atoms with Crippen LogP contribution in [-0.2, 0) is 17.7 Å². The number of methoxy groups -OCH3 is 1. The molecular formula is C21H27N7O2. The first-order chi connectivity index (χ1) is 14.6. The number of benzene rings is 1. The summed E-state index contributed by atoms with van der Waals surface area (Å²) >= 11 is 0. The summed E-state index contributed by atoms with van der Waals surface area (Å²) in [5.74, 6) is 0.152. The summed E-state index contributed by atoms with van der Waals surface area (Å²) in [6, 6.07) is 8.18. The van der Waals surface area contributed by atoms with Gasteiger partial charge in [0, 0.05) is 55.8 Å². The fraction of sp³-hybridized carbons (Fsp3) is 0.381. The lowest BCUT2D eigenvalue weighted by Crippen LogP contribution is -2.30. The van der Waals surface area contributed by atoms with Crippen molar-refractivity contribution in [2.24, 2.45) is 11.5 Å². The van der Waals surface area contributed by atoms with Gasteiger partial charge >= 0.3 is 0 Å². The van der Waals surface area contributed by atoms with Crippen LogP contribution in [0.25, 0.3) is 10.9 Å². The number of aryl methyl sites for hydroxylation is 2. The van der Waals surface area contributed by atoms with Gasteiger partial charge in [-0.05, 0) is 37.5 Å². The van der Waals surface area contributed by atoms with Crippen molar-refractivity contribution in [3.05, 3.63) is 41.7 Å². The van der Waals surface area contributed by atoms with Crippen molar-refractivity contribution in [1.29, 1.82) is 0 Å². The molecule has 30 heavy (non-hydrogen) atoms. The molecule has 0 unspecified atom stereocenters. The summed E-state index contributed by atoms with van der Waals surface area (Å²) in [5.41, 5.74) is 15.2. The van der Waals surface area contributed by atoms with E-state index < -0.39 is 5.91 Å². The number of nitrogens with zero attached hydrogens (tertiary/aromatic N) is 3. The van der Waals surface area contributed by atoms with Crippen LogP contribution in [0, 0.1) is 0 Å². The van der Waals surface area contributed by atoms with Crippen LogP contribution >= 0.6 is 0 Å². The Morgan fingerprint density at radius 2 is 2.27 bits per heavy atom. The molecule has 1 atom stereocenters. The molecule has 1 aliphatic heterocycles. The summed E-state index contributed by atoms with van der Waals surface area (Å²) in [7, 11) is 1.64. The van der Waals surface area contributed by atoms with Gasteiger partial charge in [0.05, 0.1) is 5.52 Å². The average Bonchev–Trinajstić information content (AvgIpc) is 3.33. The van der Waals surface area contributed by atoms with Crippen LogP contribution in [0.4, 0.5) is 17.5 Å². The molecule has 0 saturated carbocycles. The van der Waals surface area contributed by atoms with Crippen molar-refractivity contribution in [1.82, 2.24) is 14.5 Å². The molecule has 0 aliphatic carbocycles. The number of carbonyl (C=O) groups is 1. The monoisotopic (exact) mass is 409 g/mol. The molecule has 6 N–H and O–H groups in total. The average molecular weight is 409 g/mol. The van der Waals surface area contributed by atoms with E-state index in [1.54, 1.807) is 7.11 Å². The van der Waals surface area contributed by atoms with Crippen molar-refractivity contribution < 1.29 is 9.53 Å². The number of nitrogens with one attached hydrogen (secondary N) is 2. The minimum absolute atomic E-state index is 0.0988. The van der Waals surface area contributed by atoms with Crippen molar-refractivity contribution in [3.8, 4) is 0 Å². The highest BCUT2D eigenvalue weighted by atomic mass is 16.5. The fourth-order valence-corrected chi connectivity index (χ4v) is 3.80. The SMILES string of the molecule is COCC[C@H](N)CNc1ncc(C(N)=O)c(Nc2cccc3c2cc2n3CCC2)n1. The summed E-state index contributed by atoms with van der Waals surface area (Å²) in [6.07, 6.45) is 4.39. The maximum atomic E-state index is 11.9. The van der Waals surface area contributed by atoms with Gasteiger partial charge < -0.3 is 31.4 Å². The first kappa shape index (κ1) is 20.1. The third kappa shape index (κ3) is 4.07. The van der Waals surface area contributed by atoms with Crippen LogP contribution in [0.2, 0.25) is 0 Å². The van der Waals surface area contributed by atoms with Crippen LogP contribution in [0.1, 0.15) is 28.9 Å². The van der Waals surface area contributed by atoms with Gasteiger partial charge in [0.1, 0.15) is 11.4 Å². The van der Waals surface area contributed by atoms with Crippen molar-refractivity contribution >= 4 is 34.3 Å². The third-order valence-corrected chi connectivity index (χ3v) is 5.37. The number of carbonyl (C=O) groups excluding carboxylic acids is 1. The first-order valence-electron chi connectivity index (χ1n) is 10.1. The van der Waals surface area contributed by atoms with E-state index >= 15 is 0 Å². The third-order valence-electron chi connectivity index (χ3n) is 5.37. The first-order valence-corrected chi connectivity index (χ1v) is 10.1. The molecule has 1 aliphatic rings. The summed E-state index contributed by atoms with van der Waals surface area (Å²) in [4.78, 5) is 20.6. The highest BCUT2D eigenvalue weighted by molar-refractivity contribution is 6.00. The quantitative estimate of drug-likeness (QED) is 0.425. The second kappa shape index (κ2) is 8.68. The van der Waals surface area contributed by atoms with E-state index in [0.29, 0.717) is 24.9 Å². The molecule has 3 heterocycles. The van der Waals surface area contributed by atoms with Crippen molar-refractivity contribution in [3.63, 3.8) is 0 Å². The minimum atomic E-state index is -0.590. The van der Waals surface area contributed by atoms with Gasteiger partial charge in [-0.25, -0.2) is 4.98 Å². The smallest absolute Gasteiger partial charge is 0.254 e. The topological polar surface area (TPSA) is 133 Å². The number of aromatic nitrogens is 3. The van der Waals surface area contributed by atoms with Crippen LogP contribution in [0.5, 0.6) is 0 Å². The number of anilines is 3. The Bertz CT molecular complexity index is 1060. The predicted molar refractivity (Wildman–Crippen MR) is 117 cm³/mol. The van der Waals surface area contributed by atoms with E-state index in [2.05, 4.69) is 37.3 Å². The Morgan fingerprint density at radius 3 is 3.07 bits per heavy atom. The molecule has 158 valence electrons. The Hall–Kier alpha value is -3.17. The van der Waals surface area contributed by atoms with Gasteiger partial charge in [-0.15, -0.1) is 0 Å². The number of ether oxygens (including phenoxy) is 1. The molecular weight excluding hydrogens is 382 g/mol. The summed E-state index contributed by atoms with van der Waals surface area (Å²) in [6.45, 7) is 2.10. The van der Waals surface area contributed by atoms with Crippen LogP contribution < -0.4 is 22.1 Å². The van der Waals surface area contributed by atoms with Gasteiger partial charge in [0.2, 0.25) is 5.95 Å². The van der Waals surface area contributed by atoms with E-state index in [0.717, 1.165) is 30.5 Å². The Morgan fingerprint density at radius 1 is 1.40 bits per heavy atom. The van der Waals surface area contributed by atoms with E-state index in [1.807, 2.05) is 12.1 Å². The second-order valence-electron chi connectivity index (χ2n) is 7.50. The van der Waals surface area contributed by atoms with E-state index in [4.69, 9.17) is 16.2 Å². The maximum absolute atomic E-state index is 11.9. The van der Waals surface area contributed by atoms with Gasteiger partial charge in [0.25, 0.3) is 5.91 Å². The zero-order valence-corrected chi connectivity index (χ0v) is 17.0. The molecule has 0 saturated heterocycles. The Labute approximate surface area is 174 Å². The summed E-state index contributed by atoms with van der Waals surface area (Å²) in [5, 5.41) is 7.50. The number of hydrogen-bond donors (Lipinski definition) is 4. The lowest BCUT2D eigenvalue weighted by molar-refractivity contribution is 0.100. The largest absolute Gasteiger partial charge is 0.385 e. The molecule has 9 nitrogen and oxygen atoms in total. The number of primary amides is 1. The molecule has 0 spiro atoms. The maximum Gasteiger partial charge on any atom is 0.254 e. The predicted octanol–water partition coefficient (Wildman–Crippen LogP) is 2.00. The molecule has 0 fully saturated rings. The highest BCUT2D eigenvalue weighted by Gasteiger charge is 2.18. The molecule has 1 amide bonds. The minimum Gasteiger partial charge on any atom is -0.385 e. The zero-order valence-electron chi connectivity index (χ0n) is 17.0. The van der Waals surface area contributed by atoms with Gasteiger partial charge in [-0.3, -0.25) is 4.79 Å². The number of rotatable bonds is 9. The van der Waals surface area contributed by atoms with Crippen LogP contribution in [0.15, 0.2) is 30.5 Å². The van der Waals surface area contributed by atoms with E-state index in [9.17, 15) is 4.79 Å². The van der Waals surface area contributed by atoms with E-state index in [1.165, 1.54) is 23.8 Å². The lowest BCUT2D eigenvalue weighted by Gasteiger charge is -2.14. The molecule has 0 radical (unpaired) electrons. The molecule has 4 rings (SSSR count). The Balaban J connectivity index is 1.60. The van der Waals surface area contributed by atoms with Crippen molar-refractivity contribution in [2.45, 2.75) is 31.8 Å². The fourth-order valence-electron chi connectivity index (χ4n) is 3.80. The van der Waals surface area contributed by atoms with E-state index in [-0.39, 0.29) is 11.6 Å².